The lowest BCUT2D eigenvalue weighted by Crippen LogP contribution is -2.50. The van der Waals surface area contributed by atoms with Gasteiger partial charge in [0.05, 0.1) is 19.2 Å². The Morgan fingerprint density at radius 1 is 0.943 bits per heavy atom. The Hall–Kier alpha value is -3.71. The molecule has 2 amide bonds. The highest BCUT2D eigenvalue weighted by molar-refractivity contribution is 7.80. The van der Waals surface area contributed by atoms with Gasteiger partial charge in [0, 0.05) is 13.1 Å². The van der Waals surface area contributed by atoms with E-state index in [0.717, 1.165) is 12.0 Å². The normalized spacial score (nSPS) is 15.2. The molecule has 1 unspecified atom stereocenters. The first-order valence-corrected chi connectivity index (χ1v) is 12.1. The lowest BCUT2D eigenvalue weighted by atomic mass is 10.1. The van der Waals surface area contributed by atoms with Gasteiger partial charge in [0.15, 0.2) is 5.11 Å². The maximum absolute atomic E-state index is 13.5. The maximum atomic E-state index is 13.5. The van der Waals surface area contributed by atoms with E-state index in [9.17, 15) is 9.59 Å². The largest absolute Gasteiger partial charge is 0.497 e. The van der Waals surface area contributed by atoms with Crippen LogP contribution >= 0.6 is 12.2 Å². The van der Waals surface area contributed by atoms with Crippen LogP contribution in [-0.2, 0) is 22.4 Å². The van der Waals surface area contributed by atoms with Gasteiger partial charge in [0.2, 0.25) is 5.91 Å². The number of imide groups is 1. The molecule has 0 spiro atoms. The van der Waals surface area contributed by atoms with Crippen LogP contribution in [0.5, 0.6) is 5.75 Å². The SMILES string of the molecule is COc1ccc(N2C(=O)CC(N(CCc3ccccc3)C(=S)NCCc3ccccc3)C2=O)cc1. The average Bonchev–Trinajstić information content (AvgIpc) is 3.19. The van der Waals surface area contributed by atoms with Crippen LogP contribution in [0, 0.1) is 0 Å². The molecule has 7 heteroatoms. The summed E-state index contributed by atoms with van der Waals surface area (Å²) < 4.78 is 5.20. The predicted octanol–water partition coefficient (Wildman–Crippen LogP) is 3.99. The molecule has 1 atom stereocenters. The first-order valence-electron chi connectivity index (χ1n) is 11.7. The fourth-order valence-corrected chi connectivity index (χ4v) is 4.54. The Kier molecular flexibility index (Phi) is 8.11. The molecular formula is C28H29N3O3S. The molecule has 35 heavy (non-hydrogen) atoms. The molecule has 0 aromatic heterocycles. The fraction of sp³-hybridized carbons (Fsp3) is 0.250. The van der Waals surface area contributed by atoms with E-state index >= 15 is 0 Å². The summed E-state index contributed by atoms with van der Waals surface area (Å²) in [7, 11) is 1.58. The van der Waals surface area contributed by atoms with Gasteiger partial charge in [-0.2, -0.15) is 0 Å². The summed E-state index contributed by atoms with van der Waals surface area (Å²) in [6, 6.07) is 26.5. The van der Waals surface area contributed by atoms with Gasteiger partial charge in [-0.3, -0.25) is 9.59 Å². The average molecular weight is 488 g/mol. The third kappa shape index (κ3) is 6.05. The smallest absolute Gasteiger partial charge is 0.257 e. The number of benzene rings is 3. The van der Waals surface area contributed by atoms with Crippen LogP contribution < -0.4 is 15.0 Å². The molecule has 3 aromatic carbocycles. The number of methoxy groups -OCH3 is 1. The second kappa shape index (κ2) is 11.6. The number of hydrogen-bond acceptors (Lipinski definition) is 4. The number of carbonyl (C=O) groups is 2. The summed E-state index contributed by atoms with van der Waals surface area (Å²) in [5.41, 5.74) is 2.89. The highest BCUT2D eigenvalue weighted by Crippen LogP contribution is 2.27. The molecule has 6 nitrogen and oxygen atoms in total. The predicted molar refractivity (Wildman–Crippen MR) is 141 cm³/mol. The molecule has 1 N–H and O–H groups in total. The van der Waals surface area contributed by atoms with Crippen molar-refractivity contribution in [3.63, 3.8) is 0 Å². The highest BCUT2D eigenvalue weighted by Gasteiger charge is 2.43. The number of nitrogens with zero attached hydrogens (tertiary/aromatic N) is 2. The zero-order chi connectivity index (χ0) is 24.6. The van der Waals surface area contributed by atoms with Gasteiger partial charge in [0.1, 0.15) is 11.8 Å². The summed E-state index contributed by atoms with van der Waals surface area (Å²) in [6.45, 7) is 1.17. The van der Waals surface area contributed by atoms with E-state index in [4.69, 9.17) is 17.0 Å². The van der Waals surface area contributed by atoms with E-state index in [0.29, 0.717) is 36.1 Å². The third-order valence-corrected chi connectivity index (χ3v) is 6.49. The second-order valence-corrected chi connectivity index (χ2v) is 8.77. The summed E-state index contributed by atoms with van der Waals surface area (Å²) >= 11 is 5.74. The van der Waals surface area contributed by atoms with Gasteiger partial charge in [-0.15, -0.1) is 0 Å². The van der Waals surface area contributed by atoms with Gasteiger partial charge in [-0.25, -0.2) is 4.90 Å². The van der Waals surface area contributed by atoms with Gasteiger partial charge >= 0.3 is 0 Å². The van der Waals surface area contributed by atoms with Crippen molar-refractivity contribution in [3.8, 4) is 5.75 Å². The summed E-state index contributed by atoms with van der Waals surface area (Å²) in [6.07, 6.45) is 1.60. The molecular weight excluding hydrogens is 458 g/mol. The third-order valence-electron chi connectivity index (χ3n) is 6.11. The number of anilines is 1. The lowest BCUT2D eigenvalue weighted by molar-refractivity contribution is -0.122. The lowest BCUT2D eigenvalue weighted by Gasteiger charge is -2.30. The monoisotopic (exact) mass is 487 g/mol. The van der Waals surface area contributed by atoms with E-state index < -0.39 is 6.04 Å². The number of ether oxygens (including phenoxy) is 1. The maximum Gasteiger partial charge on any atom is 0.257 e. The van der Waals surface area contributed by atoms with Gasteiger partial charge in [-0.05, 0) is 60.5 Å². The Balaban J connectivity index is 1.49. The van der Waals surface area contributed by atoms with Crippen LogP contribution in [0.1, 0.15) is 17.5 Å². The molecule has 1 aliphatic heterocycles. The number of nitrogens with one attached hydrogen (secondary N) is 1. The fourth-order valence-electron chi connectivity index (χ4n) is 4.22. The van der Waals surface area contributed by atoms with Crippen molar-refractivity contribution in [2.45, 2.75) is 25.3 Å². The summed E-state index contributed by atoms with van der Waals surface area (Å²) in [4.78, 5) is 29.5. The van der Waals surface area contributed by atoms with E-state index in [-0.39, 0.29) is 18.2 Å². The first-order chi connectivity index (χ1) is 17.1. The van der Waals surface area contributed by atoms with Crippen molar-refractivity contribution in [1.29, 1.82) is 0 Å². The summed E-state index contributed by atoms with van der Waals surface area (Å²) in [5.74, 6) is 0.167. The minimum absolute atomic E-state index is 0.0835. The van der Waals surface area contributed by atoms with E-state index in [1.165, 1.54) is 10.5 Å². The molecule has 0 saturated carbocycles. The minimum atomic E-state index is -0.648. The van der Waals surface area contributed by atoms with Crippen molar-refractivity contribution in [2.75, 3.05) is 25.1 Å². The van der Waals surface area contributed by atoms with Crippen LogP contribution in [0.2, 0.25) is 0 Å². The Morgan fingerprint density at radius 2 is 1.54 bits per heavy atom. The van der Waals surface area contributed by atoms with Gasteiger partial charge < -0.3 is 15.0 Å². The molecule has 1 heterocycles. The van der Waals surface area contributed by atoms with Gasteiger partial charge in [0.25, 0.3) is 5.91 Å². The van der Waals surface area contributed by atoms with Crippen molar-refractivity contribution in [3.05, 3.63) is 96.1 Å². The van der Waals surface area contributed by atoms with E-state index in [1.54, 1.807) is 31.4 Å². The zero-order valence-electron chi connectivity index (χ0n) is 19.7. The number of carbonyl (C=O) groups excluding carboxylic acids is 2. The number of thiocarbonyl (C=S) groups is 1. The van der Waals surface area contributed by atoms with E-state index in [2.05, 4.69) is 29.6 Å². The van der Waals surface area contributed by atoms with Crippen molar-refractivity contribution in [2.24, 2.45) is 0 Å². The molecule has 0 radical (unpaired) electrons. The number of rotatable bonds is 9. The number of hydrogen-bond donors (Lipinski definition) is 1. The van der Waals surface area contributed by atoms with Crippen LogP contribution in [-0.4, -0.2) is 48.1 Å². The van der Waals surface area contributed by atoms with Crippen LogP contribution in [0.15, 0.2) is 84.9 Å². The van der Waals surface area contributed by atoms with Crippen molar-refractivity contribution >= 4 is 34.8 Å². The molecule has 0 aliphatic carbocycles. The van der Waals surface area contributed by atoms with Gasteiger partial charge in [-0.1, -0.05) is 60.7 Å². The van der Waals surface area contributed by atoms with Crippen molar-refractivity contribution in [1.82, 2.24) is 10.2 Å². The van der Waals surface area contributed by atoms with Crippen LogP contribution in [0.4, 0.5) is 5.69 Å². The standard InChI is InChI=1S/C28H29N3O3S/c1-34-24-14-12-23(13-15-24)31-26(32)20-25(27(31)33)30(19-17-22-10-6-3-7-11-22)28(35)29-18-16-21-8-4-2-5-9-21/h2-15,25H,16-20H2,1H3,(H,29,35). The first kappa shape index (κ1) is 24.4. The Morgan fingerprint density at radius 3 is 2.14 bits per heavy atom. The molecule has 1 aliphatic rings. The molecule has 0 bridgehead atoms. The Labute approximate surface area is 211 Å². The van der Waals surface area contributed by atoms with Crippen LogP contribution in [0.3, 0.4) is 0 Å². The van der Waals surface area contributed by atoms with Crippen LogP contribution in [0.25, 0.3) is 0 Å². The molecule has 4 rings (SSSR count). The minimum Gasteiger partial charge on any atom is -0.497 e. The summed E-state index contributed by atoms with van der Waals surface area (Å²) in [5, 5.41) is 3.79. The quantitative estimate of drug-likeness (QED) is 0.364. The van der Waals surface area contributed by atoms with E-state index in [1.807, 2.05) is 41.3 Å². The van der Waals surface area contributed by atoms with Crippen molar-refractivity contribution < 1.29 is 14.3 Å². The molecule has 1 saturated heterocycles. The highest BCUT2D eigenvalue weighted by atomic mass is 32.1. The topological polar surface area (TPSA) is 61.9 Å². The molecule has 180 valence electrons. The Bertz CT molecular complexity index is 1150. The molecule has 1 fully saturated rings. The molecule has 3 aromatic rings. The number of amides is 2. The second-order valence-electron chi connectivity index (χ2n) is 8.38. The zero-order valence-corrected chi connectivity index (χ0v) is 20.5.